The second-order valence-electron chi connectivity index (χ2n) is 4.95. The Labute approximate surface area is 113 Å². The van der Waals surface area contributed by atoms with Gasteiger partial charge < -0.3 is 5.73 Å². The van der Waals surface area contributed by atoms with E-state index in [1.165, 1.54) is 37.5 Å². The van der Waals surface area contributed by atoms with Gasteiger partial charge in [0.2, 0.25) is 10.0 Å². The van der Waals surface area contributed by atoms with Gasteiger partial charge in [0.15, 0.2) is 0 Å². The number of sulfonamides is 1. The van der Waals surface area contributed by atoms with Crippen molar-refractivity contribution in [2.75, 3.05) is 6.54 Å². The molecule has 0 spiro atoms. The van der Waals surface area contributed by atoms with Crippen LogP contribution in [0.4, 0.5) is 4.39 Å². The molecular weight excluding hydrogens is 267 g/mol. The Hall–Kier alpha value is -0.980. The minimum atomic E-state index is -3.76. The summed E-state index contributed by atoms with van der Waals surface area (Å²) < 4.78 is 40.1. The molecule has 19 heavy (non-hydrogen) atoms. The molecule has 1 aliphatic rings. The van der Waals surface area contributed by atoms with Gasteiger partial charge in [-0.05, 0) is 30.0 Å². The van der Waals surface area contributed by atoms with Crippen LogP contribution in [0.15, 0.2) is 23.1 Å². The van der Waals surface area contributed by atoms with Crippen LogP contribution in [0, 0.1) is 11.7 Å². The molecular formula is C13H19FN2O2S. The average Bonchev–Trinajstić information content (AvgIpc) is 2.31. The van der Waals surface area contributed by atoms with E-state index in [1.54, 1.807) is 0 Å². The number of halogens is 1. The highest BCUT2D eigenvalue weighted by molar-refractivity contribution is 7.89. The highest BCUT2D eigenvalue weighted by Gasteiger charge is 2.21. The molecule has 0 aliphatic heterocycles. The van der Waals surface area contributed by atoms with Crippen molar-refractivity contribution >= 4 is 10.0 Å². The lowest BCUT2D eigenvalue weighted by Gasteiger charge is -2.25. The van der Waals surface area contributed by atoms with Crippen molar-refractivity contribution in [1.82, 2.24) is 4.72 Å². The van der Waals surface area contributed by atoms with Crippen molar-refractivity contribution in [2.24, 2.45) is 11.7 Å². The Morgan fingerprint density at radius 2 is 2.11 bits per heavy atom. The number of nitrogens with one attached hydrogen (secondary N) is 1. The molecule has 1 saturated carbocycles. The Morgan fingerprint density at radius 1 is 1.37 bits per heavy atom. The molecule has 0 unspecified atom stereocenters. The van der Waals surface area contributed by atoms with Crippen LogP contribution in [-0.4, -0.2) is 15.0 Å². The summed E-state index contributed by atoms with van der Waals surface area (Å²) >= 11 is 0. The lowest BCUT2D eigenvalue weighted by Crippen LogP contribution is -2.28. The molecule has 0 saturated heterocycles. The molecule has 1 aromatic rings. The Balaban J connectivity index is 2.01. The van der Waals surface area contributed by atoms with Crippen molar-refractivity contribution in [2.45, 2.75) is 37.1 Å². The van der Waals surface area contributed by atoms with Gasteiger partial charge in [-0.2, -0.15) is 0 Å². The van der Waals surface area contributed by atoms with Crippen molar-refractivity contribution in [3.8, 4) is 0 Å². The predicted octanol–water partition coefficient (Wildman–Crippen LogP) is 1.75. The standard InChI is InChI=1S/C13H19FN2O2S/c14-12-8-11(9-15)4-5-13(12)19(17,18)16-7-6-10-2-1-3-10/h4-5,8,10,16H,1-3,6-7,9,15H2. The van der Waals surface area contributed by atoms with Crippen LogP contribution in [0.25, 0.3) is 0 Å². The summed E-state index contributed by atoms with van der Waals surface area (Å²) in [5.74, 6) is -0.133. The fourth-order valence-corrected chi connectivity index (χ4v) is 3.25. The van der Waals surface area contributed by atoms with Crippen LogP contribution in [0.5, 0.6) is 0 Å². The van der Waals surface area contributed by atoms with E-state index >= 15 is 0 Å². The fraction of sp³-hybridized carbons (Fsp3) is 0.538. The van der Waals surface area contributed by atoms with Gasteiger partial charge in [0.1, 0.15) is 10.7 Å². The van der Waals surface area contributed by atoms with Crippen molar-refractivity contribution in [1.29, 1.82) is 0 Å². The Kier molecular flexibility index (Phi) is 4.54. The van der Waals surface area contributed by atoms with Crippen LogP contribution < -0.4 is 10.5 Å². The molecule has 6 heteroatoms. The third-order valence-electron chi connectivity index (χ3n) is 3.59. The van der Waals surface area contributed by atoms with Gasteiger partial charge in [0.25, 0.3) is 0 Å². The van der Waals surface area contributed by atoms with Crippen molar-refractivity contribution in [3.63, 3.8) is 0 Å². The SMILES string of the molecule is NCc1ccc(S(=O)(=O)NCCC2CCC2)c(F)c1. The minimum absolute atomic E-state index is 0.187. The summed E-state index contributed by atoms with van der Waals surface area (Å²) in [7, 11) is -3.76. The molecule has 0 aromatic heterocycles. The van der Waals surface area contributed by atoms with E-state index in [4.69, 9.17) is 5.73 Å². The molecule has 4 nitrogen and oxygen atoms in total. The largest absolute Gasteiger partial charge is 0.326 e. The Bertz CT molecular complexity index is 542. The summed E-state index contributed by atoms with van der Waals surface area (Å²) in [6.07, 6.45) is 4.39. The molecule has 0 amide bonds. The monoisotopic (exact) mass is 286 g/mol. The van der Waals surface area contributed by atoms with Gasteiger partial charge >= 0.3 is 0 Å². The van der Waals surface area contributed by atoms with E-state index in [-0.39, 0.29) is 11.4 Å². The van der Waals surface area contributed by atoms with Gasteiger partial charge in [-0.15, -0.1) is 0 Å². The van der Waals surface area contributed by atoms with E-state index in [0.29, 0.717) is 18.0 Å². The maximum Gasteiger partial charge on any atom is 0.243 e. The van der Waals surface area contributed by atoms with Gasteiger partial charge in [-0.1, -0.05) is 25.3 Å². The lowest BCUT2D eigenvalue weighted by molar-refractivity contribution is 0.297. The fourth-order valence-electron chi connectivity index (χ4n) is 2.15. The van der Waals surface area contributed by atoms with Gasteiger partial charge in [-0.25, -0.2) is 17.5 Å². The zero-order chi connectivity index (χ0) is 13.9. The quantitative estimate of drug-likeness (QED) is 0.837. The zero-order valence-electron chi connectivity index (χ0n) is 10.7. The number of nitrogens with two attached hydrogens (primary N) is 1. The Morgan fingerprint density at radius 3 is 2.63 bits per heavy atom. The average molecular weight is 286 g/mol. The van der Waals surface area contributed by atoms with Gasteiger partial charge in [-0.3, -0.25) is 0 Å². The molecule has 0 atom stereocenters. The summed E-state index contributed by atoms with van der Waals surface area (Å²) in [5, 5.41) is 0. The smallest absolute Gasteiger partial charge is 0.243 e. The number of rotatable bonds is 6. The molecule has 1 aliphatic carbocycles. The van der Waals surface area contributed by atoms with Crippen LogP contribution >= 0.6 is 0 Å². The minimum Gasteiger partial charge on any atom is -0.326 e. The lowest BCUT2D eigenvalue weighted by atomic mass is 9.83. The molecule has 1 aromatic carbocycles. The molecule has 0 radical (unpaired) electrons. The van der Waals surface area contributed by atoms with E-state index in [2.05, 4.69) is 4.72 Å². The molecule has 1 fully saturated rings. The van der Waals surface area contributed by atoms with Gasteiger partial charge in [0, 0.05) is 13.1 Å². The second-order valence-corrected chi connectivity index (χ2v) is 6.69. The molecule has 3 N–H and O–H groups in total. The number of hydrogen-bond acceptors (Lipinski definition) is 3. The zero-order valence-corrected chi connectivity index (χ0v) is 11.5. The first-order valence-electron chi connectivity index (χ1n) is 6.51. The van der Waals surface area contributed by atoms with Crippen molar-refractivity contribution in [3.05, 3.63) is 29.6 Å². The van der Waals surface area contributed by atoms with E-state index in [9.17, 15) is 12.8 Å². The first-order chi connectivity index (χ1) is 9.03. The topological polar surface area (TPSA) is 72.2 Å². The number of benzene rings is 1. The first-order valence-corrected chi connectivity index (χ1v) is 7.99. The highest BCUT2D eigenvalue weighted by atomic mass is 32.2. The van der Waals surface area contributed by atoms with Crippen molar-refractivity contribution < 1.29 is 12.8 Å². The van der Waals surface area contributed by atoms with Gasteiger partial charge in [0.05, 0.1) is 0 Å². The van der Waals surface area contributed by atoms with Crippen LogP contribution in [-0.2, 0) is 16.6 Å². The third-order valence-corrected chi connectivity index (χ3v) is 5.09. The maximum atomic E-state index is 13.7. The predicted molar refractivity (Wildman–Crippen MR) is 71.4 cm³/mol. The summed E-state index contributed by atoms with van der Waals surface area (Å²) in [6, 6.07) is 3.97. The van der Waals surface area contributed by atoms with E-state index in [1.807, 2.05) is 0 Å². The normalized spacial score (nSPS) is 16.3. The molecule has 2 rings (SSSR count). The molecule has 106 valence electrons. The summed E-state index contributed by atoms with van der Waals surface area (Å²) in [4.78, 5) is -0.307. The van der Waals surface area contributed by atoms with Crippen LogP contribution in [0.2, 0.25) is 0 Å². The molecule has 0 heterocycles. The number of hydrogen-bond donors (Lipinski definition) is 2. The van der Waals surface area contributed by atoms with E-state index in [0.717, 1.165) is 6.42 Å². The van der Waals surface area contributed by atoms with Crippen LogP contribution in [0.3, 0.4) is 0 Å². The van der Waals surface area contributed by atoms with Crippen LogP contribution in [0.1, 0.15) is 31.2 Å². The summed E-state index contributed by atoms with van der Waals surface area (Å²) in [5.41, 5.74) is 5.96. The second kappa shape index (κ2) is 5.98. The third kappa shape index (κ3) is 3.52. The van der Waals surface area contributed by atoms with E-state index < -0.39 is 15.8 Å². The molecule has 0 bridgehead atoms. The highest BCUT2D eigenvalue weighted by Crippen LogP contribution is 2.29. The maximum absolute atomic E-state index is 13.7. The first kappa shape index (κ1) is 14.4. The summed E-state index contributed by atoms with van der Waals surface area (Å²) in [6.45, 7) is 0.553.